The summed E-state index contributed by atoms with van der Waals surface area (Å²) >= 11 is 0. The molecular weight excluding hydrogens is 276 g/mol. The second-order valence-corrected chi connectivity index (χ2v) is 6.58. The van der Waals surface area contributed by atoms with E-state index in [-0.39, 0.29) is 0 Å². The Bertz CT molecular complexity index is 852. The van der Waals surface area contributed by atoms with E-state index in [1.165, 1.54) is 50.1 Å². The van der Waals surface area contributed by atoms with Gasteiger partial charge in [0.2, 0.25) is 0 Å². The first-order valence-corrected chi connectivity index (χ1v) is 8.22. The van der Waals surface area contributed by atoms with Crippen LogP contribution in [0.2, 0.25) is 0 Å². The van der Waals surface area contributed by atoms with Crippen LogP contribution in [0.5, 0.6) is 0 Å². The number of benzene rings is 3. The molecule has 0 amide bonds. The maximum Gasteiger partial charge on any atom is -0.0152 e. The molecule has 116 valence electrons. The summed E-state index contributed by atoms with van der Waals surface area (Å²) < 4.78 is 0. The highest BCUT2D eigenvalue weighted by molar-refractivity contribution is 5.75. The number of hydrogen-bond acceptors (Lipinski definition) is 0. The minimum Gasteiger partial charge on any atom is -0.0587 e. The summed E-state index contributed by atoms with van der Waals surface area (Å²) in [7, 11) is 0. The van der Waals surface area contributed by atoms with E-state index in [0.717, 1.165) is 0 Å². The highest BCUT2D eigenvalue weighted by atomic mass is 14.1. The molecule has 0 unspecified atom stereocenters. The van der Waals surface area contributed by atoms with Crippen molar-refractivity contribution in [2.45, 2.75) is 34.6 Å². The van der Waals surface area contributed by atoms with Crippen molar-refractivity contribution in [3.8, 4) is 22.3 Å². The summed E-state index contributed by atoms with van der Waals surface area (Å²) in [6, 6.07) is 20.1. The van der Waals surface area contributed by atoms with Crippen molar-refractivity contribution in [3.05, 3.63) is 82.4 Å². The van der Waals surface area contributed by atoms with E-state index in [2.05, 4.69) is 89.2 Å². The third kappa shape index (κ3) is 2.94. The Kier molecular flexibility index (Phi) is 4.09. The molecule has 0 atom stereocenters. The predicted molar refractivity (Wildman–Crippen MR) is 101 cm³/mol. The molecule has 3 aromatic rings. The van der Waals surface area contributed by atoms with Crippen LogP contribution in [-0.2, 0) is 0 Å². The molecule has 0 heteroatoms. The summed E-state index contributed by atoms with van der Waals surface area (Å²) in [5.41, 5.74) is 12.0. The van der Waals surface area contributed by atoms with Gasteiger partial charge < -0.3 is 0 Å². The van der Waals surface area contributed by atoms with E-state index < -0.39 is 0 Å². The van der Waals surface area contributed by atoms with Crippen LogP contribution in [-0.4, -0.2) is 0 Å². The monoisotopic (exact) mass is 300 g/mol. The third-order valence-electron chi connectivity index (χ3n) is 4.96. The summed E-state index contributed by atoms with van der Waals surface area (Å²) in [5, 5.41) is 0. The Morgan fingerprint density at radius 2 is 1.09 bits per heavy atom. The van der Waals surface area contributed by atoms with Gasteiger partial charge in [0.25, 0.3) is 0 Å². The standard InChI is InChI=1S/C23H24/c1-15-6-9-20(10-7-15)22-13-11-21(14-17(22)3)23-12-8-16(2)18(4)19(23)5/h6-14H,1-5H3. The lowest BCUT2D eigenvalue weighted by atomic mass is 9.91. The van der Waals surface area contributed by atoms with Crippen LogP contribution < -0.4 is 0 Å². The van der Waals surface area contributed by atoms with Crippen molar-refractivity contribution < 1.29 is 0 Å². The fraction of sp³-hybridized carbons (Fsp3) is 0.217. The average Bonchev–Trinajstić information content (AvgIpc) is 2.54. The zero-order chi connectivity index (χ0) is 16.6. The van der Waals surface area contributed by atoms with E-state index in [0.29, 0.717) is 0 Å². The molecule has 0 spiro atoms. The molecule has 0 heterocycles. The van der Waals surface area contributed by atoms with Crippen LogP contribution in [0, 0.1) is 34.6 Å². The maximum absolute atomic E-state index is 2.31. The van der Waals surface area contributed by atoms with Gasteiger partial charge in [0.05, 0.1) is 0 Å². The van der Waals surface area contributed by atoms with Crippen LogP contribution in [0.1, 0.15) is 27.8 Å². The van der Waals surface area contributed by atoms with Gasteiger partial charge in [0.1, 0.15) is 0 Å². The molecule has 0 radical (unpaired) electrons. The highest BCUT2D eigenvalue weighted by Crippen LogP contribution is 2.32. The van der Waals surface area contributed by atoms with Crippen LogP contribution in [0.15, 0.2) is 54.6 Å². The van der Waals surface area contributed by atoms with Gasteiger partial charge in [-0.25, -0.2) is 0 Å². The molecule has 0 bridgehead atoms. The normalized spacial score (nSPS) is 10.8. The first kappa shape index (κ1) is 15.6. The number of aryl methyl sites for hydroxylation is 3. The minimum absolute atomic E-state index is 1.29. The Hall–Kier alpha value is -2.34. The van der Waals surface area contributed by atoms with Gasteiger partial charge in [-0.3, -0.25) is 0 Å². The smallest absolute Gasteiger partial charge is 0.0152 e. The third-order valence-corrected chi connectivity index (χ3v) is 4.96. The summed E-state index contributed by atoms with van der Waals surface area (Å²) in [4.78, 5) is 0. The SMILES string of the molecule is Cc1ccc(-c2ccc(-c3ccc(C)c(C)c3C)cc2C)cc1. The van der Waals surface area contributed by atoms with E-state index in [1.54, 1.807) is 0 Å². The van der Waals surface area contributed by atoms with Crippen molar-refractivity contribution >= 4 is 0 Å². The summed E-state index contributed by atoms with van der Waals surface area (Å²) in [6.07, 6.45) is 0. The van der Waals surface area contributed by atoms with Gasteiger partial charge >= 0.3 is 0 Å². The van der Waals surface area contributed by atoms with Gasteiger partial charge in [-0.1, -0.05) is 60.2 Å². The molecule has 0 fully saturated rings. The molecule has 3 rings (SSSR count). The zero-order valence-corrected chi connectivity index (χ0v) is 14.7. The molecular formula is C23H24. The van der Waals surface area contributed by atoms with Gasteiger partial charge in [0, 0.05) is 0 Å². The van der Waals surface area contributed by atoms with Gasteiger partial charge in [0.15, 0.2) is 0 Å². The molecule has 3 aromatic carbocycles. The van der Waals surface area contributed by atoms with Crippen LogP contribution in [0.4, 0.5) is 0 Å². The predicted octanol–water partition coefficient (Wildman–Crippen LogP) is 6.56. The van der Waals surface area contributed by atoms with Crippen molar-refractivity contribution in [1.29, 1.82) is 0 Å². The number of hydrogen-bond donors (Lipinski definition) is 0. The minimum atomic E-state index is 1.29. The van der Waals surface area contributed by atoms with Gasteiger partial charge in [-0.05, 0) is 79.1 Å². The number of rotatable bonds is 2. The first-order chi connectivity index (χ1) is 11.0. The van der Waals surface area contributed by atoms with Crippen molar-refractivity contribution in [2.24, 2.45) is 0 Å². The van der Waals surface area contributed by atoms with Crippen LogP contribution in [0.25, 0.3) is 22.3 Å². The lowest BCUT2D eigenvalue weighted by Crippen LogP contribution is -1.92. The summed E-state index contributed by atoms with van der Waals surface area (Å²) in [5.74, 6) is 0. The van der Waals surface area contributed by atoms with Crippen molar-refractivity contribution in [1.82, 2.24) is 0 Å². The molecule has 0 aromatic heterocycles. The largest absolute Gasteiger partial charge is 0.0587 e. The molecule has 23 heavy (non-hydrogen) atoms. The maximum atomic E-state index is 2.31. The fourth-order valence-corrected chi connectivity index (χ4v) is 3.16. The highest BCUT2D eigenvalue weighted by Gasteiger charge is 2.08. The fourth-order valence-electron chi connectivity index (χ4n) is 3.16. The van der Waals surface area contributed by atoms with E-state index in [9.17, 15) is 0 Å². The zero-order valence-electron chi connectivity index (χ0n) is 14.7. The Morgan fingerprint density at radius 1 is 0.478 bits per heavy atom. The van der Waals surface area contributed by atoms with Crippen LogP contribution in [0.3, 0.4) is 0 Å². The van der Waals surface area contributed by atoms with Gasteiger partial charge in [-0.15, -0.1) is 0 Å². The molecule has 0 aliphatic heterocycles. The summed E-state index contributed by atoms with van der Waals surface area (Å²) in [6.45, 7) is 10.9. The molecule has 0 saturated carbocycles. The van der Waals surface area contributed by atoms with Crippen LogP contribution >= 0.6 is 0 Å². The average molecular weight is 300 g/mol. The Labute approximate surface area is 139 Å². The first-order valence-electron chi connectivity index (χ1n) is 8.22. The second-order valence-electron chi connectivity index (χ2n) is 6.58. The molecule has 0 saturated heterocycles. The van der Waals surface area contributed by atoms with E-state index in [4.69, 9.17) is 0 Å². The molecule has 0 nitrogen and oxygen atoms in total. The molecule has 0 aliphatic rings. The Balaban J connectivity index is 2.06. The van der Waals surface area contributed by atoms with E-state index in [1.807, 2.05) is 0 Å². The lowest BCUT2D eigenvalue weighted by Gasteiger charge is -2.14. The molecule has 0 aliphatic carbocycles. The Morgan fingerprint density at radius 3 is 1.74 bits per heavy atom. The second kappa shape index (κ2) is 6.04. The van der Waals surface area contributed by atoms with E-state index >= 15 is 0 Å². The van der Waals surface area contributed by atoms with Gasteiger partial charge in [-0.2, -0.15) is 0 Å². The quantitative estimate of drug-likeness (QED) is 0.502. The van der Waals surface area contributed by atoms with Crippen molar-refractivity contribution in [3.63, 3.8) is 0 Å². The topological polar surface area (TPSA) is 0 Å². The van der Waals surface area contributed by atoms with Crippen molar-refractivity contribution in [2.75, 3.05) is 0 Å². The lowest BCUT2D eigenvalue weighted by molar-refractivity contribution is 1.27. The molecule has 0 N–H and O–H groups in total.